The van der Waals surface area contributed by atoms with Gasteiger partial charge in [-0.2, -0.15) is 0 Å². The number of aromatic nitrogens is 2. The zero-order valence-corrected chi connectivity index (χ0v) is 15.8. The van der Waals surface area contributed by atoms with Crippen molar-refractivity contribution < 1.29 is 4.79 Å². The third kappa shape index (κ3) is 3.41. The van der Waals surface area contributed by atoms with Crippen molar-refractivity contribution in [1.29, 1.82) is 0 Å². The number of pyridine rings is 1. The van der Waals surface area contributed by atoms with Crippen LogP contribution >= 0.6 is 0 Å². The summed E-state index contributed by atoms with van der Waals surface area (Å²) in [5.41, 5.74) is 1.69. The summed E-state index contributed by atoms with van der Waals surface area (Å²) in [5, 5.41) is 6.56. The Balaban J connectivity index is 1.84. The lowest BCUT2D eigenvalue weighted by Crippen LogP contribution is -2.61. The molecule has 3 heterocycles. The van der Waals surface area contributed by atoms with Crippen molar-refractivity contribution in [2.45, 2.75) is 52.2 Å². The number of carbonyl (C=O) groups is 1. The molecule has 6 heteroatoms. The first-order valence-corrected chi connectivity index (χ1v) is 9.03. The Hall–Kier alpha value is -1.92. The van der Waals surface area contributed by atoms with E-state index in [1.54, 1.807) is 0 Å². The Morgan fingerprint density at radius 3 is 2.92 bits per heavy atom. The van der Waals surface area contributed by atoms with Crippen LogP contribution in [-0.4, -0.2) is 51.9 Å². The van der Waals surface area contributed by atoms with Crippen molar-refractivity contribution in [2.75, 3.05) is 19.6 Å². The highest BCUT2D eigenvalue weighted by atomic mass is 16.2. The maximum atomic E-state index is 13.0. The van der Waals surface area contributed by atoms with Crippen LogP contribution in [0.4, 0.5) is 0 Å². The minimum Gasteiger partial charge on any atom is -0.343 e. The van der Waals surface area contributed by atoms with Gasteiger partial charge in [-0.3, -0.25) is 9.69 Å². The molecule has 3 rings (SSSR count). The van der Waals surface area contributed by atoms with Crippen LogP contribution in [0.3, 0.4) is 0 Å². The van der Waals surface area contributed by atoms with Crippen LogP contribution in [0.25, 0.3) is 5.52 Å². The molecule has 0 aromatic carbocycles. The van der Waals surface area contributed by atoms with Crippen LogP contribution in [-0.2, 0) is 10.3 Å². The number of amides is 1. The summed E-state index contributed by atoms with van der Waals surface area (Å²) in [5.74, 6) is 0.898. The van der Waals surface area contributed by atoms with E-state index in [9.17, 15) is 4.79 Å². The normalized spacial score (nSPS) is 19.5. The lowest BCUT2D eigenvalue weighted by molar-refractivity contribution is -0.129. The van der Waals surface area contributed by atoms with E-state index in [4.69, 9.17) is 0 Å². The Bertz CT molecular complexity index is 764. The molecule has 0 saturated carbocycles. The molecule has 25 heavy (non-hydrogen) atoms. The van der Waals surface area contributed by atoms with Gasteiger partial charge >= 0.3 is 0 Å². The molecule has 1 amide bonds. The molecular formula is C19H29N5O. The molecule has 0 aliphatic carbocycles. The van der Waals surface area contributed by atoms with Crippen LogP contribution < -0.4 is 10.6 Å². The van der Waals surface area contributed by atoms with Crippen LogP contribution in [0.1, 0.15) is 39.1 Å². The average Bonchev–Trinajstić information content (AvgIpc) is 3.01. The number of rotatable bonds is 4. The lowest BCUT2D eigenvalue weighted by atomic mass is 10.0. The molecule has 0 bridgehead atoms. The Morgan fingerprint density at radius 1 is 1.44 bits per heavy atom. The third-order valence-electron chi connectivity index (χ3n) is 5.03. The molecule has 1 atom stereocenters. The van der Waals surface area contributed by atoms with Crippen LogP contribution in [0.2, 0.25) is 0 Å². The average molecular weight is 343 g/mol. The second-order valence-corrected chi connectivity index (χ2v) is 7.69. The Kier molecular flexibility index (Phi) is 4.84. The largest absolute Gasteiger partial charge is 0.343 e. The number of carbonyl (C=O) groups excluding carboxylic acids is 1. The van der Waals surface area contributed by atoms with Gasteiger partial charge < -0.3 is 15.0 Å². The first-order chi connectivity index (χ1) is 11.8. The van der Waals surface area contributed by atoms with Gasteiger partial charge in [-0.15, -0.1) is 0 Å². The van der Waals surface area contributed by atoms with E-state index in [1.165, 1.54) is 5.56 Å². The predicted octanol–water partition coefficient (Wildman–Crippen LogP) is 1.68. The van der Waals surface area contributed by atoms with Crippen molar-refractivity contribution in [1.82, 2.24) is 24.9 Å². The first kappa shape index (κ1) is 17.9. The van der Waals surface area contributed by atoms with E-state index in [2.05, 4.69) is 51.8 Å². The zero-order chi connectivity index (χ0) is 18.2. The summed E-state index contributed by atoms with van der Waals surface area (Å²) < 4.78 is 2.06. The van der Waals surface area contributed by atoms with Crippen molar-refractivity contribution in [3.8, 4) is 0 Å². The van der Waals surface area contributed by atoms with E-state index in [0.717, 1.165) is 24.4 Å². The number of nitrogens with zero attached hydrogens (tertiary/aromatic N) is 3. The predicted molar refractivity (Wildman–Crippen MR) is 99.6 cm³/mol. The van der Waals surface area contributed by atoms with Gasteiger partial charge in [0.25, 0.3) is 0 Å². The number of hydrogen-bond acceptors (Lipinski definition) is 4. The third-order valence-corrected chi connectivity index (χ3v) is 5.03. The fourth-order valence-electron chi connectivity index (χ4n) is 3.65. The number of aryl methyl sites for hydroxylation is 1. The highest BCUT2D eigenvalue weighted by Crippen LogP contribution is 2.22. The first-order valence-electron chi connectivity index (χ1n) is 9.03. The Labute approximate surface area is 149 Å². The maximum Gasteiger partial charge on any atom is 0.239 e. The van der Waals surface area contributed by atoms with Gasteiger partial charge in [-0.1, -0.05) is 6.07 Å². The molecule has 0 unspecified atom stereocenters. The molecule has 6 nitrogen and oxygen atoms in total. The maximum absolute atomic E-state index is 13.0. The quantitative estimate of drug-likeness (QED) is 0.887. The molecule has 2 N–H and O–H groups in total. The smallest absolute Gasteiger partial charge is 0.239 e. The topological polar surface area (TPSA) is 61.7 Å². The van der Waals surface area contributed by atoms with Gasteiger partial charge in [-0.05, 0) is 46.2 Å². The SMILES string of the molecule is Cc1cccn2c(C(C)(C)NC(=O)[C@@H]3CNCCN3C(C)C)ncc12. The standard InChI is InChI=1S/C19H29N5O/c1-13(2)23-10-8-20-11-16(23)17(25)22-19(4,5)18-21-12-15-14(3)7-6-9-24(15)18/h6-7,9,12-13,16,20H,8,10-11H2,1-5H3,(H,22,25)/t16-/m0/s1. The van der Waals surface area contributed by atoms with Crippen molar-refractivity contribution in [2.24, 2.45) is 0 Å². The molecule has 136 valence electrons. The van der Waals surface area contributed by atoms with Crippen molar-refractivity contribution >= 4 is 11.4 Å². The molecule has 1 fully saturated rings. The van der Waals surface area contributed by atoms with Crippen LogP contribution in [0.5, 0.6) is 0 Å². The van der Waals surface area contributed by atoms with Gasteiger partial charge in [-0.25, -0.2) is 4.98 Å². The summed E-state index contributed by atoms with van der Waals surface area (Å²) in [7, 11) is 0. The molecule has 0 spiro atoms. The molecule has 1 aliphatic heterocycles. The highest BCUT2D eigenvalue weighted by Gasteiger charge is 2.35. The van der Waals surface area contributed by atoms with Crippen molar-refractivity contribution in [3.63, 3.8) is 0 Å². The van der Waals surface area contributed by atoms with Gasteiger partial charge in [0.2, 0.25) is 5.91 Å². The van der Waals surface area contributed by atoms with Gasteiger partial charge in [0.15, 0.2) is 0 Å². The minimum absolute atomic E-state index is 0.0512. The van der Waals surface area contributed by atoms with E-state index in [0.29, 0.717) is 12.6 Å². The fraction of sp³-hybridized carbons (Fsp3) is 0.579. The monoisotopic (exact) mass is 343 g/mol. The summed E-state index contributed by atoms with van der Waals surface area (Å²) in [6, 6.07) is 4.27. The van der Waals surface area contributed by atoms with Crippen molar-refractivity contribution in [3.05, 3.63) is 35.9 Å². The van der Waals surface area contributed by atoms with Gasteiger partial charge in [0, 0.05) is 31.9 Å². The molecule has 2 aromatic heterocycles. The van der Waals surface area contributed by atoms with Gasteiger partial charge in [0.1, 0.15) is 11.9 Å². The fourth-order valence-corrected chi connectivity index (χ4v) is 3.65. The molecule has 2 aromatic rings. The summed E-state index contributed by atoms with van der Waals surface area (Å²) in [6.07, 6.45) is 3.88. The summed E-state index contributed by atoms with van der Waals surface area (Å²) in [4.78, 5) is 19.9. The number of nitrogens with one attached hydrogen (secondary N) is 2. The van der Waals surface area contributed by atoms with Crippen LogP contribution in [0.15, 0.2) is 24.5 Å². The second kappa shape index (κ2) is 6.77. The number of hydrogen-bond donors (Lipinski definition) is 2. The van der Waals surface area contributed by atoms with E-state index < -0.39 is 5.54 Å². The number of fused-ring (bicyclic) bond motifs is 1. The minimum atomic E-state index is -0.558. The number of piperazine rings is 1. The molecular weight excluding hydrogens is 314 g/mol. The zero-order valence-electron chi connectivity index (χ0n) is 15.8. The van der Waals surface area contributed by atoms with E-state index in [-0.39, 0.29) is 11.9 Å². The lowest BCUT2D eigenvalue weighted by Gasteiger charge is -2.39. The van der Waals surface area contributed by atoms with Crippen LogP contribution in [0, 0.1) is 6.92 Å². The van der Waals surface area contributed by atoms with Gasteiger partial charge in [0.05, 0.1) is 17.3 Å². The van der Waals surface area contributed by atoms with E-state index in [1.807, 2.05) is 32.3 Å². The number of imidazole rings is 1. The highest BCUT2D eigenvalue weighted by molar-refractivity contribution is 5.83. The molecule has 1 saturated heterocycles. The molecule has 0 radical (unpaired) electrons. The summed E-state index contributed by atoms with van der Waals surface area (Å²) >= 11 is 0. The van der Waals surface area contributed by atoms with E-state index >= 15 is 0 Å². The Morgan fingerprint density at radius 2 is 2.20 bits per heavy atom. The molecule has 1 aliphatic rings. The second-order valence-electron chi connectivity index (χ2n) is 7.69. The summed E-state index contributed by atoms with van der Waals surface area (Å²) in [6.45, 7) is 12.9.